The summed E-state index contributed by atoms with van der Waals surface area (Å²) in [6, 6.07) is 12.1. The number of para-hydroxylation sites is 1. The van der Waals surface area contributed by atoms with Crippen LogP contribution in [0.15, 0.2) is 46.9 Å². The minimum Gasteiger partial charge on any atom is -0.483 e. The number of nitrogens with one attached hydrogen (secondary N) is 1. The first-order valence-electron chi connectivity index (χ1n) is 5.68. The molecular formula is C14H10BrCl2NO2. The SMILES string of the molecule is O=C(COc1ccc(Cl)cc1Br)Nc1ccccc1Cl. The van der Waals surface area contributed by atoms with Gasteiger partial charge in [-0.1, -0.05) is 35.3 Å². The average molecular weight is 375 g/mol. The van der Waals surface area contributed by atoms with Crippen molar-refractivity contribution >= 4 is 50.7 Å². The molecule has 2 aromatic carbocycles. The zero-order chi connectivity index (χ0) is 14.5. The van der Waals surface area contributed by atoms with Crippen LogP contribution >= 0.6 is 39.1 Å². The van der Waals surface area contributed by atoms with Crippen molar-refractivity contribution in [1.29, 1.82) is 0 Å². The summed E-state index contributed by atoms with van der Waals surface area (Å²) in [5.41, 5.74) is 0.554. The summed E-state index contributed by atoms with van der Waals surface area (Å²) in [7, 11) is 0. The number of halogens is 3. The summed E-state index contributed by atoms with van der Waals surface area (Å²) in [6.07, 6.45) is 0. The fraction of sp³-hybridized carbons (Fsp3) is 0.0714. The smallest absolute Gasteiger partial charge is 0.262 e. The summed E-state index contributed by atoms with van der Waals surface area (Å²) in [5, 5.41) is 3.74. The van der Waals surface area contributed by atoms with Crippen LogP contribution in [0.1, 0.15) is 0 Å². The van der Waals surface area contributed by atoms with E-state index in [1.54, 1.807) is 42.5 Å². The highest BCUT2D eigenvalue weighted by Gasteiger charge is 2.08. The molecule has 20 heavy (non-hydrogen) atoms. The third-order valence-corrected chi connectivity index (χ3v) is 3.59. The van der Waals surface area contributed by atoms with Gasteiger partial charge in [0.05, 0.1) is 15.2 Å². The maximum absolute atomic E-state index is 11.8. The van der Waals surface area contributed by atoms with Crippen molar-refractivity contribution < 1.29 is 9.53 Å². The van der Waals surface area contributed by atoms with Crippen LogP contribution in [0.3, 0.4) is 0 Å². The maximum Gasteiger partial charge on any atom is 0.262 e. The largest absolute Gasteiger partial charge is 0.483 e. The molecule has 0 aromatic heterocycles. The molecule has 1 amide bonds. The van der Waals surface area contributed by atoms with E-state index in [2.05, 4.69) is 21.2 Å². The third-order valence-electron chi connectivity index (χ3n) is 2.40. The summed E-state index contributed by atoms with van der Waals surface area (Å²) >= 11 is 15.1. The number of hydrogen-bond donors (Lipinski definition) is 1. The lowest BCUT2D eigenvalue weighted by molar-refractivity contribution is -0.118. The first-order chi connectivity index (χ1) is 9.56. The molecule has 3 nitrogen and oxygen atoms in total. The summed E-state index contributed by atoms with van der Waals surface area (Å²) < 4.78 is 6.10. The van der Waals surface area contributed by atoms with Crippen molar-refractivity contribution in [2.24, 2.45) is 0 Å². The molecule has 2 aromatic rings. The Labute approximate surface area is 135 Å². The van der Waals surface area contributed by atoms with Gasteiger partial charge >= 0.3 is 0 Å². The van der Waals surface area contributed by atoms with Crippen LogP contribution in [0.2, 0.25) is 10.0 Å². The Morgan fingerprint density at radius 3 is 2.65 bits per heavy atom. The van der Waals surface area contributed by atoms with Crippen LogP contribution in [-0.4, -0.2) is 12.5 Å². The number of carbonyl (C=O) groups excluding carboxylic acids is 1. The lowest BCUT2D eigenvalue weighted by atomic mass is 10.3. The third kappa shape index (κ3) is 4.13. The van der Waals surface area contributed by atoms with E-state index in [0.717, 1.165) is 0 Å². The van der Waals surface area contributed by atoms with Crippen LogP contribution in [0, 0.1) is 0 Å². The van der Waals surface area contributed by atoms with Gasteiger partial charge in [-0.05, 0) is 46.3 Å². The zero-order valence-corrected chi connectivity index (χ0v) is 13.3. The number of rotatable bonds is 4. The van der Waals surface area contributed by atoms with Gasteiger partial charge in [0, 0.05) is 5.02 Å². The van der Waals surface area contributed by atoms with Crippen molar-refractivity contribution in [3.8, 4) is 5.75 Å². The number of anilines is 1. The van der Waals surface area contributed by atoms with Gasteiger partial charge in [-0.3, -0.25) is 4.79 Å². The Bertz CT molecular complexity index is 634. The van der Waals surface area contributed by atoms with Gasteiger partial charge in [0.15, 0.2) is 6.61 Å². The Balaban J connectivity index is 1.94. The predicted molar refractivity (Wildman–Crippen MR) is 84.7 cm³/mol. The van der Waals surface area contributed by atoms with E-state index in [4.69, 9.17) is 27.9 Å². The van der Waals surface area contributed by atoms with Crippen molar-refractivity contribution in [3.05, 3.63) is 57.0 Å². The molecule has 0 saturated heterocycles. The molecule has 6 heteroatoms. The van der Waals surface area contributed by atoms with Gasteiger partial charge in [0.1, 0.15) is 5.75 Å². The lowest BCUT2D eigenvalue weighted by Crippen LogP contribution is -2.20. The fourth-order valence-electron chi connectivity index (χ4n) is 1.48. The Morgan fingerprint density at radius 1 is 1.20 bits per heavy atom. The second-order valence-electron chi connectivity index (χ2n) is 3.89. The van der Waals surface area contributed by atoms with Crippen molar-refractivity contribution in [2.75, 3.05) is 11.9 Å². The molecule has 2 rings (SSSR count). The topological polar surface area (TPSA) is 38.3 Å². The van der Waals surface area contributed by atoms with Crippen LogP contribution in [-0.2, 0) is 4.79 Å². The van der Waals surface area contributed by atoms with Crippen LogP contribution < -0.4 is 10.1 Å². The highest BCUT2D eigenvalue weighted by molar-refractivity contribution is 9.10. The van der Waals surface area contributed by atoms with E-state index >= 15 is 0 Å². The molecule has 0 unspecified atom stereocenters. The number of amides is 1. The minimum absolute atomic E-state index is 0.120. The van der Waals surface area contributed by atoms with Crippen LogP contribution in [0.4, 0.5) is 5.69 Å². The van der Waals surface area contributed by atoms with E-state index in [1.165, 1.54) is 0 Å². The molecule has 0 aliphatic heterocycles. The Morgan fingerprint density at radius 2 is 1.95 bits per heavy atom. The van der Waals surface area contributed by atoms with Gasteiger partial charge in [-0.15, -0.1) is 0 Å². The molecule has 0 radical (unpaired) electrons. The van der Waals surface area contributed by atoms with Gasteiger partial charge < -0.3 is 10.1 Å². The normalized spacial score (nSPS) is 10.2. The van der Waals surface area contributed by atoms with Crippen LogP contribution in [0.25, 0.3) is 0 Å². The van der Waals surface area contributed by atoms with E-state index in [0.29, 0.717) is 26.0 Å². The van der Waals surface area contributed by atoms with Crippen molar-refractivity contribution in [2.45, 2.75) is 0 Å². The molecule has 0 saturated carbocycles. The van der Waals surface area contributed by atoms with Gasteiger partial charge in [0.2, 0.25) is 0 Å². The molecule has 0 heterocycles. The molecule has 0 aliphatic carbocycles. The first kappa shape index (κ1) is 15.2. The van der Waals surface area contributed by atoms with E-state index in [9.17, 15) is 4.79 Å². The molecule has 1 N–H and O–H groups in total. The average Bonchev–Trinajstić information content (AvgIpc) is 2.40. The maximum atomic E-state index is 11.8. The van der Waals surface area contributed by atoms with Gasteiger partial charge in [-0.2, -0.15) is 0 Å². The van der Waals surface area contributed by atoms with Gasteiger partial charge in [-0.25, -0.2) is 0 Å². The Hall–Kier alpha value is -1.23. The quantitative estimate of drug-likeness (QED) is 0.836. The standard InChI is InChI=1S/C14H10BrCl2NO2/c15-10-7-9(16)5-6-13(10)20-8-14(19)18-12-4-2-1-3-11(12)17/h1-7H,8H2,(H,18,19). The zero-order valence-electron chi connectivity index (χ0n) is 10.2. The lowest BCUT2D eigenvalue weighted by Gasteiger charge is -2.10. The molecule has 104 valence electrons. The van der Waals surface area contributed by atoms with Crippen molar-refractivity contribution in [3.63, 3.8) is 0 Å². The first-order valence-corrected chi connectivity index (χ1v) is 7.23. The van der Waals surface area contributed by atoms with E-state index < -0.39 is 0 Å². The second kappa shape index (κ2) is 6.97. The van der Waals surface area contributed by atoms with E-state index in [1.807, 2.05) is 0 Å². The monoisotopic (exact) mass is 373 g/mol. The van der Waals surface area contributed by atoms with E-state index in [-0.39, 0.29) is 12.5 Å². The van der Waals surface area contributed by atoms with Crippen LogP contribution in [0.5, 0.6) is 5.75 Å². The number of hydrogen-bond acceptors (Lipinski definition) is 2. The molecule has 0 aliphatic rings. The Kier molecular flexibility index (Phi) is 5.29. The molecule has 0 spiro atoms. The predicted octanol–water partition coefficient (Wildman–Crippen LogP) is 4.77. The molecule has 0 atom stereocenters. The molecule has 0 fully saturated rings. The van der Waals surface area contributed by atoms with Gasteiger partial charge in [0.25, 0.3) is 5.91 Å². The van der Waals surface area contributed by atoms with Crippen molar-refractivity contribution in [1.82, 2.24) is 0 Å². The fourth-order valence-corrected chi connectivity index (χ4v) is 2.46. The number of carbonyl (C=O) groups is 1. The number of benzene rings is 2. The number of ether oxygens (including phenoxy) is 1. The summed E-state index contributed by atoms with van der Waals surface area (Å²) in [4.78, 5) is 11.8. The minimum atomic E-state index is -0.292. The summed E-state index contributed by atoms with van der Waals surface area (Å²) in [5.74, 6) is 0.253. The molecule has 0 bridgehead atoms. The molecular weight excluding hydrogens is 365 g/mol. The highest BCUT2D eigenvalue weighted by atomic mass is 79.9. The summed E-state index contributed by atoms with van der Waals surface area (Å²) in [6.45, 7) is -0.120. The highest BCUT2D eigenvalue weighted by Crippen LogP contribution is 2.28. The second-order valence-corrected chi connectivity index (χ2v) is 5.59.